The van der Waals surface area contributed by atoms with Gasteiger partial charge in [0.25, 0.3) is 5.91 Å². The van der Waals surface area contributed by atoms with Crippen molar-refractivity contribution in [3.63, 3.8) is 0 Å². The molecule has 1 amide bonds. The molecule has 0 aliphatic carbocycles. The Kier molecular flexibility index (Phi) is 5.66. The number of halogens is 1. The van der Waals surface area contributed by atoms with Crippen molar-refractivity contribution in [1.29, 1.82) is 0 Å². The van der Waals surface area contributed by atoms with Gasteiger partial charge in [-0.1, -0.05) is 41.6 Å². The lowest BCUT2D eigenvalue weighted by atomic mass is 10.3. The molecule has 1 fully saturated rings. The molecular formula is C20H16ClN3O3S. The number of nitrogens with zero attached hydrogens (tertiary/aromatic N) is 2. The van der Waals surface area contributed by atoms with Gasteiger partial charge in [-0.25, -0.2) is 15.4 Å². The number of aliphatic imine (C=N–C) groups is 1. The number of hydrazine groups is 1. The number of thioether (sulfide) groups is 1. The molecule has 1 aliphatic heterocycles. The maximum atomic E-state index is 12.8. The fraction of sp³-hybridized carbons (Fsp3) is 0.100. The van der Waals surface area contributed by atoms with Gasteiger partial charge in [0.2, 0.25) is 0 Å². The van der Waals surface area contributed by atoms with Gasteiger partial charge in [-0.2, -0.15) is 0 Å². The molecule has 4 rings (SSSR count). The highest BCUT2D eigenvalue weighted by atomic mass is 35.5. The van der Waals surface area contributed by atoms with Crippen LogP contribution in [0, 0.1) is 0 Å². The number of amidine groups is 1. The molecule has 0 saturated carbocycles. The monoisotopic (exact) mass is 413 g/mol. The first-order valence-corrected chi connectivity index (χ1v) is 9.76. The van der Waals surface area contributed by atoms with Crippen LogP contribution in [0.1, 0.15) is 11.1 Å². The molecule has 142 valence electrons. The highest BCUT2D eigenvalue weighted by Crippen LogP contribution is 2.35. The summed E-state index contributed by atoms with van der Waals surface area (Å²) in [6.45, 7) is -0.145. The van der Waals surface area contributed by atoms with Crippen molar-refractivity contribution in [2.45, 2.75) is 5.37 Å². The van der Waals surface area contributed by atoms with Crippen LogP contribution in [0.25, 0.3) is 0 Å². The van der Waals surface area contributed by atoms with Gasteiger partial charge in [0.15, 0.2) is 11.8 Å². The minimum atomic E-state index is -0.272. The number of rotatable bonds is 5. The molecule has 0 radical (unpaired) electrons. The number of carbonyl (C=O) groups excluding carboxylic acids is 1. The third-order valence-corrected chi connectivity index (χ3v) is 5.18. The van der Waals surface area contributed by atoms with Crippen LogP contribution >= 0.6 is 23.4 Å². The molecule has 3 aromatic rings. The van der Waals surface area contributed by atoms with Crippen molar-refractivity contribution < 1.29 is 13.9 Å². The second-order valence-electron chi connectivity index (χ2n) is 5.84. The number of hydrogen-bond acceptors (Lipinski definition) is 6. The summed E-state index contributed by atoms with van der Waals surface area (Å²) in [4.78, 5) is 17.4. The fourth-order valence-corrected chi connectivity index (χ4v) is 3.69. The molecule has 1 aromatic heterocycles. The zero-order chi connectivity index (χ0) is 19.3. The largest absolute Gasteiger partial charge is 0.484 e. The predicted molar refractivity (Wildman–Crippen MR) is 110 cm³/mol. The molecule has 6 nitrogen and oxygen atoms in total. The molecular weight excluding hydrogens is 398 g/mol. The smallest absolute Gasteiger partial charge is 0.281 e. The van der Waals surface area contributed by atoms with Crippen LogP contribution in [0.3, 0.4) is 0 Å². The number of amides is 1. The van der Waals surface area contributed by atoms with Crippen LogP contribution in [-0.4, -0.2) is 22.7 Å². The van der Waals surface area contributed by atoms with E-state index in [2.05, 4.69) is 10.4 Å². The molecule has 1 N–H and O–H groups in total. The summed E-state index contributed by atoms with van der Waals surface area (Å²) in [7, 11) is 0. The Hall–Kier alpha value is -2.74. The molecule has 28 heavy (non-hydrogen) atoms. The number of benzene rings is 2. The van der Waals surface area contributed by atoms with Crippen molar-refractivity contribution in [2.24, 2.45) is 4.99 Å². The summed E-state index contributed by atoms with van der Waals surface area (Å²) in [5, 5.41) is 2.28. The quantitative estimate of drug-likeness (QED) is 0.652. The Morgan fingerprint density at radius 1 is 1.14 bits per heavy atom. The van der Waals surface area contributed by atoms with E-state index in [-0.39, 0.29) is 17.9 Å². The van der Waals surface area contributed by atoms with E-state index in [0.717, 1.165) is 5.69 Å². The predicted octanol–water partition coefficient (Wildman–Crippen LogP) is 4.78. The minimum Gasteiger partial charge on any atom is -0.484 e. The maximum Gasteiger partial charge on any atom is 0.281 e. The summed E-state index contributed by atoms with van der Waals surface area (Å²) in [5.41, 5.74) is 3.88. The van der Waals surface area contributed by atoms with Crippen LogP contribution < -0.4 is 10.2 Å². The van der Waals surface area contributed by atoms with Gasteiger partial charge in [-0.3, -0.25) is 4.79 Å². The van der Waals surface area contributed by atoms with E-state index in [1.165, 1.54) is 16.8 Å². The Morgan fingerprint density at radius 2 is 1.93 bits per heavy atom. The summed E-state index contributed by atoms with van der Waals surface area (Å²) in [6.07, 6.45) is 1.60. The normalized spacial score (nSPS) is 17.8. The average molecular weight is 414 g/mol. The highest BCUT2D eigenvalue weighted by Gasteiger charge is 2.35. The summed E-state index contributed by atoms with van der Waals surface area (Å²) < 4.78 is 11.0. The number of carbonyl (C=O) groups is 1. The third-order valence-electron chi connectivity index (χ3n) is 3.87. The first kappa shape index (κ1) is 18.6. The van der Waals surface area contributed by atoms with Gasteiger partial charge >= 0.3 is 0 Å². The second kappa shape index (κ2) is 8.52. The van der Waals surface area contributed by atoms with Gasteiger partial charge in [0, 0.05) is 5.02 Å². The highest BCUT2D eigenvalue weighted by molar-refractivity contribution is 8.14. The van der Waals surface area contributed by atoms with E-state index < -0.39 is 0 Å². The van der Waals surface area contributed by atoms with Crippen LogP contribution in [0.5, 0.6) is 5.75 Å². The molecule has 1 aliphatic rings. The lowest BCUT2D eigenvalue weighted by Crippen LogP contribution is -2.43. The van der Waals surface area contributed by atoms with Crippen molar-refractivity contribution in [3.8, 4) is 5.75 Å². The lowest BCUT2D eigenvalue weighted by molar-refractivity contribution is -0.131. The van der Waals surface area contributed by atoms with Crippen LogP contribution in [-0.2, 0) is 4.79 Å². The first-order valence-electron chi connectivity index (χ1n) is 8.50. The molecule has 8 heteroatoms. The second-order valence-corrected chi connectivity index (χ2v) is 7.35. The van der Waals surface area contributed by atoms with E-state index in [1.807, 2.05) is 36.4 Å². The molecule has 1 saturated heterocycles. The van der Waals surface area contributed by atoms with Crippen molar-refractivity contribution >= 4 is 40.1 Å². The topological polar surface area (TPSA) is 67.1 Å². The zero-order valence-corrected chi connectivity index (χ0v) is 16.2. The summed E-state index contributed by atoms with van der Waals surface area (Å²) >= 11 is 7.27. The van der Waals surface area contributed by atoms with E-state index in [9.17, 15) is 4.79 Å². The van der Waals surface area contributed by atoms with E-state index in [0.29, 0.717) is 21.7 Å². The summed E-state index contributed by atoms with van der Waals surface area (Å²) in [6, 6.07) is 20.0. The van der Waals surface area contributed by atoms with Gasteiger partial charge < -0.3 is 9.15 Å². The van der Waals surface area contributed by atoms with Crippen LogP contribution in [0.4, 0.5) is 5.69 Å². The SMILES string of the molecule is O=C(COc1ccc(Cl)cc1)N1NC(c2ccco2)SC1=Nc1ccccc1. The number of hydrogen-bond donors (Lipinski definition) is 1. The fourth-order valence-electron chi connectivity index (χ4n) is 2.53. The number of para-hydroxylation sites is 1. The number of ether oxygens (including phenoxy) is 1. The molecule has 0 spiro atoms. The van der Waals surface area contributed by atoms with Crippen LogP contribution in [0.15, 0.2) is 82.4 Å². The van der Waals surface area contributed by atoms with Gasteiger partial charge in [-0.15, -0.1) is 0 Å². The zero-order valence-electron chi connectivity index (χ0n) is 14.6. The Morgan fingerprint density at radius 3 is 2.64 bits per heavy atom. The molecule has 1 atom stereocenters. The first-order chi connectivity index (χ1) is 13.7. The number of furan rings is 1. The van der Waals surface area contributed by atoms with Gasteiger partial charge in [-0.05, 0) is 48.5 Å². The van der Waals surface area contributed by atoms with Crippen LogP contribution in [0.2, 0.25) is 5.02 Å². The van der Waals surface area contributed by atoms with Crippen molar-refractivity contribution in [3.05, 3.63) is 83.8 Å². The van der Waals surface area contributed by atoms with Crippen molar-refractivity contribution in [1.82, 2.24) is 10.4 Å². The van der Waals surface area contributed by atoms with Gasteiger partial charge in [0.1, 0.15) is 16.9 Å². The van der Waals surface area contributed by atoms with Crippen molar-refractivity contribution in [2.75, 3.05) is 6.61 Å². The van der Waals surface area contributed by atoms with E-state index >= 15 is 0 Å². The lowest BCUT2D eigenvalue weighted by Gasteiger charge is -2.17. The standard InChI is InChI=1S/C20H16ClN3O3S/c21-14-8-10-16(11-9-14)27-13-18(25)24-20(22-15-5-2-1-3-6-15)28-19(23-24)17-7-4-12-26-17/h1-12,19,23H,13H2. The Bertz CT molecular complexity index is 962. The van der Waals surface area contributed by atoms with E-state index in [4.69, 9.17) is 20.8 Å². The maximum absolute atomic E-state index is 12.8. The van der Waals surface area contributed by atoms with Gasteiger partial charge in [0.05, 0.1) is 12.0 Å². The molecule has 0 bridgehead atoms. The molecule has 2 aromatic carbocycles. The number of nitrogens with one attached hydrogen (secondary N) is 1. The average Bonchev–Trinajstić information content (AvgIpc) is 3.38. The minimum absolute atomic E-state index is 0.145. The Labute approximate surface area is 171 Å². The van der Waals surface area contributed by atoms with E-state index in [1.54, 1.807) is 36.6 Å². The molecule has 1 unspecified atom stereocenters. The molecule has 2 heterocycles. The summed E-state index contributed by atoms with van der Waals surface area (Å²) in [5.74, 6) is 1.000. The Balaban J connectivity index is 1.52. The third kappa shape index (κ3) is 4.39.